The zero-order valence-electron chi connectivity index (χ0n) is 13.5. The molecule has 2 aliphatic rings. The Morgan fingerprint density at radius 1 is 1.04 bits per heavy atom. The highest BCUT2D eigenvalue weighted by Crippen LogP contribution is 2.41. The van der Waals surface area contributed by atoms with Crippen LogP contribution in [0.2, 0.25) is 0 Å². The van der Waals surface area contributed by atoms with Crippen molar-refractivity contribution in [3.8, 4) is 6.07 Å². The molecule has 2 aliphatic heterocycles. The summed E-state index contributed by atoms with van der Waals surface area (Å²) in [4.78, 5) is 0.0718. The minimum absolute atomic E-state index is 0.0359. The summed E-state index contributed by atoms with van der Waals surface area (Å²) >= 11 is 0.0541. The van der Waals surface area contributed by atoms with Crippen molar-refractivity contribution in [2.75, 3.05) is 0 Å². The minimum atomic E-state index is -1.46. The molecule has 125 valence electrons. The number of nitriles is 1. The molecule has 2 heterocycles. The molecule has 0 spiro atoms. The Labute approximate surface area is 144 Å². The lowest BCUT2D eigenvalue weighted by atomic mass is 9.84. The van der Waals surface area contributed by atoms with Gasteiger partial charge in [0.1, 0.15) is 11.6 Å². The lowest BCUT2D eigenvalue weighted by Gasteiger charge is -2.30. The number of benzene rings is 1. The average Bonchev–Trinajstić information content (AvgIpc) is 3.26. The number of nitrogens with zero attached hydrogens (tertiary/aromatic N) is 1. The van der Waals surface area contributed by atoms with E-state index in [2.05, 4.69) is 0 Å². The summed E-state index contributed by atoms with van der Waals surface area (Å²) in [6.07, 6.45) is 1.98. The van der Waals surface area contributed by atoms with E-state index < -0.39 is 41.1 Å². The van der Waals surface area contributed by atoms with E-state index in [0.717, 1.165) is 0 Å². The maximum absolute atomic E-state index is 14.8. The normalized spacial score (nSPS) is 32.0. The average molecular weight is 350 g/mol. The zero-order chi connectivity index (χ0) is 17.6. The summed E-state index contributed by atoms with van der Waals surface area (Å²) in [5, 5.41) is 8.94. The molecule has 0 aromatic heterocycles. The van der Waals surface area contributed by atoms with Crippen molar-refractivity contribution in [3.05, 3.63) is 40.2 Å². The first-order valence-electron chi connectivity index (χ1n) is 7.79. The minimum Gasteiger partial charge on any atom is -0.389 e. The Bertz CT molecular complexity index is 731. The van der Waals surface area contributed by atoms with Gasteiger partial charge < -0.3 is 9.47 Å². The molecule has 1 aromatic rings. The summed E-state index contributed by atoms with van der Waals surface area (Å²) in [5.41, 5.74) is -1.16. The largest absolute Gasteiger partial charge is 0.389 e. The molecule has 2 fully saturated rings. The summed E-state index contributed by atoms with van der Waals surface area (Å²) < 4.78 is 55.3. The molecule has 0 bridgehead atoms. The standard InChI is InChI=1S/C17H16F3NO2.Al/c1-4-5-11-14(13-9(2)22-6-7-23-10(13)3)17(20)16(19)12(8-21)15(11)18;/h4-7,9-10,13H,1-3H3;/b5-4+;. The van der Waals surface area contributed by atoms with Crippen LogP contribution in [0, 0.1) is 28.8 Å². The van der Waals surface area contributed by atoms with E-state index in [0.29, 0.717) is 0 Å². The smallest absolute Gasteiger partial charge is 0.301 e. The van der Waals surface area contributed by atoms with Crippen molar-refractivity contribution >= 4 is 21.3 Å². The van der Waals surface area contributed by atoms with Gasteiger partial charge in [0.2, 0.25) is 0 Å². The van der Waals surface area contributed by atoms with Crippen LogP contribution in [0.5, 0.6) is 0 Å². The Balaban J connectivity index is 2.20. The number of hydrogen-bond acceptors (Lipinski definition) is 3. The maximum atomic E-state index is 14.8. The third-order valence-corrected chi connectivity index (χ3v) is 5.82. The molecule has 4 atom stereocenters. The van der Waals surface area contributed by atoms with Gasteiger partial charge >= 0.3 is 15.2 Å². The molecule has 1 aromatic carbocycles. The van der Waals surface area contributed by atoms with E-state index in [1.165, 1.54) is 18.2 Å². The second-order valence-electron chi connectivity index (χ2n) is 6.09. The molecule has 24 heavy (non-hydrogen) atoms. The van der Waals surface area contributed by atoms with E-state index in [1.54, 1.807) is 20.8 Å². The molecular formula is C17H16AlF3NO2. The number of halogens is 3. The Morgan fingerprint density at radius 3 is 2.12 bits per heavy atom. The Kier molecular flexibility index (Phi) is 4.77. The molecule has 1 radical (unpaired) electrons. The van der Waals surface area contributed by atoms with E-state index in [1.807, 2.05) is 0 Å². The van der Waals surface area contributed by atoms with Crippen molar-refractivity contribution in [2.45, 2.75) is 48.8 Å². The van der Waals surface area contributed by atoms with Gasteiger partial charge in [-0.3, -0.25) is 0 Å². The third kappa shape index (κ3) is 2.78. The van der Waals surface area contributed by atoms with Gasteiger partial charge in [-0.25, -0.2) is 13.2 Å². The SMILES string of the molecule is C/C=C/c1c(F)c(C#N)c(F)c(F)c1C1C(C)O[CH]2[Al][CH]2OC1C. The first kappa shape index (κ1) is 17.5. The van der Waals surface area contributed by atoms with Gasteiger partial charge in [-0.15, -0.1) is 0 Å². The second-order valence-corrected chi connectivity index (χ2v) is 7.78. The fourth-order valence-corrected chi connectivity index (χ4v) is 4.44. The first-order valence-corrected chi connectivity index (χ1v) is 9.13. The van der Waals surface area contributed by atoms with E-state index in [-0.39, 0.29) is 36.3 Å². The fourth-order valence-electron chi connectivity index (χ4n) is 3.33. The highest BCUT2D eigenvalue weighted by atomic mass is 27.1. The molecule has 7 heteroatoms. The molecule has 0 saturated carbocycles. The fraction of sp³-hybridized carbons (Fsp3) is 0.471. The van der Waals surface area contributed by atoms with Crippen molar-refractivity contribution in [1.29, 1.82) is 5.26 Å². The topological polar surface area (TPSA) is 42.2 Å². The summed E-state index contributed by atoms with van der Waals surface area (Å²) in [7, 11) is 0. The molecule has 2 saturated heterocycles. The molecule has 3 nitrogen and oxygen atoms in total. The molecule has 0 amide bonds. The van der Waals surface area contributed by atoms with Gasteiger partial charge in [0, 0.05) is 27.0 Å². The quantitative estimate of drug-likeness (QED) is 0.607. The molecule has 4 unspecified atom stereocenters. The van der Waals surface area contributed by atoms with Crippen LogP contribution >= 0.6 is 0 Å². The van der Waals surface area contributed by atoms with E-state index in [9.17, 15) is 13.2 Å². The van der Waals surface area contributed by atoms with Crippen LogP contribution in [-0.2, 0) is 9.47 Å². The van der Waals surface area contributed by atoms with Gasteiger partial charge in [-0.05, 0) is 20.8 Å². The zero-order valence-corrected chi connectivity index (χ0v) is 14.7. The lowest BCUT2D eigenvalue weighted by Crippen LogP contribution is -2.31. The van der Waals surface area contributed by atoms with Gasteiger partial charge in [-0.2, -0.15) is 5.26 Å². The monoisotopic (exact) mass is 350 g/mol. The van der Waals surface area contributed by atoms with Gasteiger partial charge in [0.05, 0.1) is 12.2 Å². The van der Waals surface area contributed by atoms with Gasteiger partial charge in [-0.1, -0.05) is 12.2 Å². The number of allylic oxidation sites excluding steroid dienone is 1. The number of rotatable bonds is 2. The highest BCUT2D eigenvalue weighted by molar-refractivity contribution is 6.52. The van der Waals surface area contributed by atoms with Crippen LogP contribution < -0.4 is 0 Å². The van der Waals surface area contributed by atoms with Crippen LogP contribution in [0.25, 0.3) is 6.08 Å². The third-order valence-electron chi connectivity index (χ3n) is 4.49. The molecular weight excluding hydrogens is 334 g/mol. The first-order chi connectivity index (χ1) is 11.4. The van der Waals surface area contributed by atoms with Crippen molar-refractivity contribution in [1.82, 2.24) is 0 Å². The van der Waals surface area contributed by atoms with E-state index >= 15 is 0 Å². The van der Waals surface area contributed by atoms with Crippen molar-refractivity contribution in [2.24, 2.45) is 0 Å². The Morgan fingerprint density at radius 2 is 1.62 bits per heavy atom. The Hall–Kier alpha value is -1.31. The second kappa shape index (κ2) is 6.54. The van der Waals surface area contributed by atoms with Gasteiger partial charge in [0.15, 0.2) is 17.5 Å². The van der Waals surface area contributed by atoms with Crippen LogP contribution in [-0.4, -0.2) is 37.4 Å². The van der Waals surface area contributed by atoms with Crippen LogP contribution in [0.4, 0.5) is 13.2 Å². The number of fused-ring (bicyclic) bond motifs is 1. The van der Waals surface area contributed by atoms with Crippen LogP contribution in [0.3, 0.4) is 0 Å². The van der Waals surface area contributed by atoms with Crippen molar-refractivity contribution < 1.29 is 22.6 Å². The maximum Gasteiger partial charge on any atom is 0.301 e. The predicted octanol–water partition coefficient (Wildman–Crippen LogP) is 3.29. The summed E-state index contributed by atoms with van der Waals surface area (Å²) in [6.45, 7) is 5.16. The molecule has 3 rings (SSSR count). The molecule has 0 aliphatic carbocycles. The number of hydrogen-bond donors (Lipinski definition) is 0. The molecule has 0 N–H and O–H groups in total. The predicted molar refractivity (Wildman–Crippen MR) is 82.9 cm³/mol. The summed E-state index contributed by atoms with van der Waals surface area (Å²) in [5.74, 6) is -4.39. The van der Waals surface area contributed by atoms with Crippen LogP contribution in [0.15, 0.2) is 6.08 Å². The summed E-state index contributed by atoms with van der Waals surface area (Å²) in [6, 6.07) is 1.40. The number of ether oxygens (including phenoxy) is 2. The van der Waals surface area contributed by atoms with Crippen molar-refractivity contribution in [3.63, 3.8) is 0 Å². The van der Waals surface area contributed by atoms with E-state index in [4.69, 9.17) is 14.7 Å². The van der Waals surface area contributed by atoms with Gasteiger partial charge in [0.25, 0.3) is 0 Å². The lowest BCUT2D eigenvalue weighted by molar-refractivity contribution is 0.0503. The highest BCUT2D eigenvalue weighted by Gasteiger charge is 2.50. The van der Waals surface area contributed by atoms with Crippen LogP contribution in [0.1, 0.15) is 43.4 Å².